The molecule has 1 heterocycles. The van der Waals surface area contributed by atoms with Crippen LogP contribution in [0.3, 0.4) is 0 Å². The average molecular weight is 301 g/mol. The van der Waals surface area contributed by atoms with Crippen molar-refractivity contribution < 1.29 is 13.2 Å². The van der Waals surface area contributed by atoms with Gasteiger partial charge in [0.05, 0.1) is 16.6 Å². The first kappa shape index (κ1) is 13.8. The number of anilines is 1. The summed E-state index contributed by atoms with van der Waals surface area (Å²) in [6.45, 7) is 1.68. The Morgan fingerprint density at radius 2 is 1.81 bits per heavy atom. The Morgan fingerprint density at radius 1 is 1.10 bits per heavy atom. The maximum absolute atomic E-state index is 12.7. The van der Waals surface area contributed by atoms with Crippen LogP contribution in [0.5, 0.6) is 0 Å². The van der Waals surface area contributed by atoms with Crippen LogP contribution in [0.4, 0.5) is 5.69 Å². The van der Waals surface area contributed by atoms with E-state index in [4.69, 9.17) is 0 Å². The fourth-order valence-corrected chi connectivity index (χ4v) is 3.98. The Morgan fingerprint density at radius 3 is 2.52 bits per heavy atom. The molecule has 0 spiro atoms. The van der Waals surface area contributed by atoms with Crippen molar-refractivity contribution in [2.24, 2.45) is 0 Å². The van der Waals surface area contributed by atoms with Crippen molar-refractivity contribution in [1.82, 2.24) is 0 Å². The van der Waals surface area contributed by atoms with E-state index in [0.717, 1.165) is 11.1 Å². The molecule has 108 valence electrons. The molecular formula is C16H15NO3S. The third kappa shape index (κ3) is 2.45. The lowest BCUT2D eigenvalue weighted by Gasteiger charge is -2.14. The largest absolute Gasteiger partial charge is 0.326 e. The Kier molecular flexibility index (Phi) is 3.29. The third-order valence-electron chi connectivity index (χ3n) is 3.76. The van der Waals surface area contributed by atoms with Crippen LogP contribution in [0, 0.1) is 0 Å². The highest BCUT2D eigenvalue weighted by molar-refractivity contribution is 7.91. The Balaban J connectivity index is 2.00. The van der Waals surface area contributed by atoms with Crippen molar-refractivity contribution in [3.63, 3.8) is 0 Å². The van der Waals surface area contributed by atoms with Gasteiger partial charge in [-0.05, 0) is 36.2 Å². The van der Waals surface area contributed by atoms with Crippen LogP contribution in [0.15, 0.2) is 53.4 Å². The molecule has 1 amide bonds. The van der Waals surface area contributed by atoms with Crippen molar-refractivity contribution >= 4 is 21.4 Å². The molecule has 0 saturated carbocycles. The lowest BCUT2D eigenvalue weighted by molar-refractivity contribution is -0.115. The third-order valence-corrected chi connectivity index (χ3v) is 5.88. The van der Waals surface area contributed by atoms with Crippen molar-refractivity contribution in [2.45, 2.75) is 23.5 Å². The minimum absolute atomic E-state index is 0.101. The zero-order valence-corrected chi connectivity index (χ0v) is 12.4. The van der Waals surface area contributed by atoms with Crippen LogP contribution < -0.4 is 5.32 Å². The van der Waals surface area contributed by atoms with Gasteiger partial charge in [-0.15, -0.1) is 0 Å². The molecule has 0 radical (unpaired) electrons. The zero-order valence-electron chi connectivity index (χ0n) is 11.5. The van der Waals surface area contributed by atoms with Crippen molar-refractivity contribution in [1.29, 1.82) is 0 Å². The summed E-state index contributed by atoms with van der Waals surface area (Å²) in [5, 5.41) is 2.08. The van der Waals surface area contributed by atoms with Gasteiger partial charge in [0.25, 0.3) is 0 Å². The number of hydrogen-bond donors (Lipinski definition) is 1. The van der Waals surface area contributed by atoms with Crippen molar-refractivity contribution in [3.05, 3.63) is 59.7 Å². The lowest BCUT2D eigenvalue weighted by atomic mass is 10.2. The molecule has 0 aliphatic carbocycles. The van der Waals surface area contributed by atoms with Gasteiger partial charge in [-0.25, -0.2) is 8.42 Å². The highest BCUT2D eigenvalue weighted by atomic mass is 32.2. The van der Waals surface area contributed by atoms with Gasteiger partial charge in [0.15, 0.2) is 9.84 Å². The number of sulfone groups is 1. The van der Waals surface area contributed by atoms with Gasteiger partial charge >= 0.3 is 0 Å². The van der Waals surface area contributed by atoms with Gasteiger partial charge in [0, 0.05) is 5.69 Å². The molecule has 0 aromatic heterocycles. The second-order valence-electron chi connectivity index (χ2n) is 5.14. The molecule has 1 atom stereocenters. The molecule has 2 aromatic rings. The highest BCUT2D eigenvalue weighted by Gasteiger charge is 2.27. The summed E-state index contributed by atoms with van der Waals surface area (Å²) >= 11 is 0. The van der Waals surface area contributed by atoms with Gasteiger partial charge in [0.1, 0.15) is 0 Å². The summed E-state index contributed by atoms with van der Waals surface area (Å²) in [4.78, 5) is 11.6. The number of carbonyl (C=O) groups is 1. The molecule has 1 aliphatic rings. The summed E-state index contributed by atoms with van der Waals surface area (Å²) in [5.74, 6) is -0.101. The SMILES string of the molecule is CC(c1ccccc1)S(=O)(=O)c1ccc2c(c1)CC(=O)N2. The molecule has 4 nitrogen and oxygen atoms in total. The van der Waals surface area contributed by atoms with E-state index in [2.05, 4.69) is 5.32 Å². The molecule has 1 aliphatic heterocycles. The molecule has 21 heavy (non-hydrogen) atoms. The fraction of sp³-hybridized carbons (Fsp3) is 0.188. The minimum Gasteiger partial charge on any atom is -0.326 e. The van der Waals surface area contributed by atoms with Crippen LogP contribution in [0.25, 0.3) is 0 Å². The molecular weight excluding hydrogens is 286 g/mol. The summed E-state index contributed by atoms with van der Waals surface area (Å²) < 4.78 is 25.4. The average Bonchev–Trinajstić information content (AvgIpc) is 2.86. The molecule has 5 heteroatoms. The van der Waals surface area contributed by atoms with Gasteiger partial charge in [-0.1, -0.05) is 30.3 Å². The standard InChI is InChI=1S/C16H15NO3S/c1-11(12-5-3-2-4-6-12)21(19,20)14-7-8-15-13(9-14)10-16(18)17-15/h2-9,11H,10H2,1H3,(H,17,18). The summed E-state index contributed by atoms with van der Waals surface area (Å²) in [5.41, 5.74) is 2.19. The number of carbonyl (C=O) groups excluding carboxylic acids is 1. The predicted molar refractivity (Wildman–Crippen MR) is 80.8 cm³/mol. The van der Waals surface area contributed by atoms with Gasteiger partial charge < -0.3 is 5.32 Å². The number of fused-ring (bicyclic) bond motifs is 1. The topological polar surface area (TPSA) is 63.2 Å². The van der Waals surface area contributed by atoms with Crippen LogP contribution >= 0.6 is 0 Å². The van der Waals surface area contributed by atoms with E-state index in [9.17, 15) is 13.2 Å². The van der Waals surface area contributed by atoms with Crippen LogP contribution in [0.1, 0.15) is 23.3 Å². The second-order valence-corrected chi connectivity index (χ2v) is 7.41. The number of nitrogens with one attached hydrogen (secondary N) is 1. The first-order chi connectivity index (χ1) is 9.98. The molecule has 0 fully saturated rings. The molecule has 3 rings (SSSR count). The predicted octanol–water partition coefficient (Wildman–Crippen LogP) is 2.72. The summed E-state index contributed by atoms with van der Waals surface area (Å²) in [6.07, 6.45) is 0.235. The number of amides is 1. The van der Waals surface area contributed by atoms with Gasteiger partial charge in [0.2, 0.25) is 5.91 Å². The molecule has 2 aromatic carbocycles. The molecule has 1 unspecified atom stereocenters. The Hall–Kier alpha value is -2.14. The molecule has 1 N–H and O–H groups in total. The fourth-order valence-electron chi connectivity index (χ4n) is 2.49. The first-order valence-electron chi connectivity index (χ1n) is 6.70. The first-order valence-corrected chi connectivity index (χ1v) is 8.25. The summed E-state index contributed by atoms with van der Waals surface area (Å²) in [7, 11) is -3.47. The minimum atomic E-state index is -3.47. The van der Waals surface area contributed by atoms with Crippen LogP contribution in [-0.4, -0.2) is 14.3 Å². The Bertz CT molecular complexity index is 798. The number of benzene rings is 2. The maximum Gasteiger partial charge on any atom is 0.228 e. The van der Waals surface area contributed by atoms with E-state index in [1.165, 1.54) is 0 Å². The Labute approximate surface area is 123 Å². The van der Waals surface area contributed by atoms with E-state index >= 15 is 0 Å². The quantitative estimate of drug-likeness (QED) is 0.948. The normalized spacial score (nSPS) is 15.4. The lowest BCUT2D eigenvalue weighted by Crippen LogP contribution is -2.11. The molecule has 0 saturated heterocycles. The summed E-state index contributed by atoms with van der Waals surface area (Å²) in [6, 6.07) is 13.9. The monoisotopic (exact) mass is 301 g/mol. The number of hydrogen-bond acceptors (Lipinski definition) is 3. The van der Waals surface area contributed by atoms with Crippen LogP contribution in [-0.2, 0) is 21.1 Å². The zero-order chi connectivity index (χ0) is 15.0. The van der Waals surface area contributed by atoms with Crippen molar-refractivity contribution in [2.75, 3.05) is 5.32 Å². The van der Waals surface area contributed by atoms with E-state index < -0.39 is 15.1 Å². The van der Waals surface area contributed by atoms with E-state index in [1.54, 1.807) is 37.3 Å². The molecule has 0 bridgehead atoms. The van der Waals surface area contributed by atoms with E-state index in [0.29, 0.717) is 5.69 Å². The van der Waals surface area contributed by atoms with Crippen LogP contribution in [0.2, 0.25) is 0 Å². The highest BCUT2D eigenvalue weighted by Crippen LogP contribution is 2.32. The second kappa shape index (κ2) is 5.00. The van der Waals surface area contributed by atoms with E-state index in [-0.39, 0.29) is 17.2 Å². The van der Waals surface area contributed by atoms with E-state index in [1.807, 2.05) is 18.2 Å². The van der Waals surface area contributed by atoms with Crippen molar-refractivity contribution in [3.8, 4) is 0 Å². The number of rotatable bonds is 3. The van der Waals surface area contributed by atoms with Gasteiger partial charge in [-0.2, -0.15) is 0 Å². The smallest absolute Gasteiger partial charge is 0.228 e. The maximum atomic E-state index is 12.7. The van der Waals surface area contributed by atoms with Gasteiger partial charge in [-0.3, -0.25) is 4.79 Å².